The molecule has 1 aromatic heterocycles. The SMILES string of the molecule is O=C(Nc1cccc2ncn(Cc3cccc(C(F)(F)F)c3)c(=O)c12)c1cc(Cl)c(O)c(Cl)c1. The number of carbonyl (C=O) groups is 1. The number of phenols is 1. The fraction of sp³-hybridized carbons (Fsp3) is 0.0870. The van der Waals surface area contributed by atoms with E-state index >= 15 is 0 Å². The Bertz CT molecular complexity index is 1460. The van der Waals surface area contributed by atoms with Crippen LogP contribution in [0.5, 0.6) is 5.75 Å². The third kappa shape index (κ3) is 4.71. The average Bonchev–Trinajstić information content (AvgIpc) is 2.78. The van der Waals surface area contributed by atoms with Crippen LogP contribution in [-0.4, -0.2) is 20.6 Å². The van der Waals surface area contributed by atoms with Gasteiger partial charge in [0.05, 0.1) is 45.1 Å². The molecule has 0 saturated carbocycles. The molecule has 0 aliphatic heterocycles. The number of nitrogens with zero attached hydrogens (tertiary/aromatic N) is 2. The van der Waals surface area contributed by atoms with Crippen molar-refractivity contribution in [3.8, 4) is 5.75 Å². The minimum Gasteiger partial charge on any atom is -0.505 e. The van der Waals surface area contributed by atoms with Gasteiger partial charge in [0.15, 0.2) is 5.75 Å². The van der Waals surface area contributed by atoms with E-state index in [1.165, 1.54) is 36.7 Å². The lowest BCUT2D eigenvalue weighted by Crippen LogP contribution is -2.23. The molecule has 0 fully saturated rings. The van der Waals surface area contributed by atoms with E-state index in [4.69, 9.17) is 23.2 Å². The van der Waals surface area contributed by atoms with E-state index in [0.29, 0.717) is 0 Å². The Hall–Kier alpha value is -3.56. The van der Waals surface area contributed by atoms with Gasteiger partial charge >= 0.3 is 6.18 Å². The van der Waals surface area contributed by atoms with Crippen LogP contribution < -0.4 is 10.9 Å². The molecule has 11 heteroatoms. The van der Waals surface area contributed by atoms with Crippen LogP contribution in [0.3, 0.4) is 0 Å². The number of halogens is 5. The number of aromatic hydroxyl groups is 1. The van der Waals surface area contributed by atoms with Crippen molar-refractivity contribution in [3.05, 3.63) is 98.0 Å². The van der Waals surface area contributed by atoms with Crippen molar-refractivity contribution >= 4 is 45.7 Å². The maximum Gasteiger partial charge on any atom is 0.416 e. The summed E-state index contributed by atoms with van der Waals surface area (Å²) in [7, 11) is 0. The number of phenolic OH excluding ortho intramolecular Hbond substituents is 1. The number of benzene rings is 3. The van der Waals surface area contributed by atoms with Gasteiger partial charge in [0.1, 0.15) is 0 Å². The molecule has 2 N–H and O–H groups in total. The number of rotatable bonds is 4. The van der Waals surface area contributed by atoms with Crippen LogP contribution >= 0.6 is 23.2 Å². The lowest BCUT2D eigenvalue weighted by atomic mass is 10.1. The van der Waals surface area contributed by atoms with Crippen molar-refractivity contribution in [2.24, 2.45) is 0 Å². The molecule has 1 amide bonds. The summed E-state index contributed by atoms with van der Waals surface area (Å²) in [6.45, 7) is -0.156. The first-order valence-electron chi connectivity index (χ1n) is 9.68. The molecule has 6 nitrogen and oxygen atoms in total. The fourth-order valence-electron chi connectivity index (χ4n) is 3.35. The molecule has 0 aliphatic carbocycles. The number of alkyl halides is 3. The van der Waals surface area contributed by atoms with E-state index in [0.717, 1.165) is 16.7 Å². The number of nitrogens with one attached hydrogen (secondary N) is 1. The van der Waals surface area contributed by atoms with Crippen LogP contribution in [0.2, 0.25) is 10.0 Å². The summed E-state index contributed by atoms with van der Waals surface area (Å²) in [4.78, 5) is 30.1. The number of fused-ring (bicyclic) bond motifs is 1. The summed E-state index contributed by atoms with van der Waals surface area (Å²) in [5, 5.41) is 12.1. The molecule has 0 bridgehead atoms. The predicted molar refractivity (Wildman–Crippen MR) is 123 cm³/mol. The molecule has 0 spiro atoms. The first kappa shape index (κ1) is 23.6. The topological polar surface area (TPSA) is 84.2 Å². The van der Waals surface area contributed by atoms with Crippen molar-refractivity contribution in [3.63, 3.8) is 0 Å². The first-order valence-corrected chi connectivity index (χ1v) is 10.4. The van der Waals surface area contributed by atoms with E-state index < -0.39 is 23.2 Å². The van der Waals surface area contributed by atoms with Gasteiger partial charge in [0.2, 0.25) is 0 Å². The Morgan fingerprint density at radius 2 is 1.74 bits per heavy atom. The van der Waals surface area contributed by atoms with Crippen LogP contribution in [0, 0.1) is 0 Å². The zero-order chi connectivity index (χ0) is 24.6. The molecule has 34 heavy (non-hydrogen) atoms. The highest BCUT2D eigenvalue weighted by Gasteiger charge is 2.30. The van der Waals surface area contributed by atoms with E-state index in [-0.39, 0.29) is 50.1 Å². The van der Waals surface area contributed by atoms with Crippen LogP contribution in [0.25, 0.3) is 10.9 Å². The molecule has 4 rings (SSSR count). The molecule has 4 aromatic rings. The van der Waals surface area contributed by atoms with Gasteiger partial charge in [0, 0.05) is 5.56 Å². The van der Waals surface area contributed by atoms with E-state index in [1.807, 2.05) is 0 Å². The van der Waals surface area contributed by atoms with E-state index in [1.54, 1.807) is 12.1 Å². The second-order valence-electron chi connectivity index (χ2n) is 7.32. The summed E-state index contributed by atoms with van der Waals surface area (Å²) < 4.78 is 40.2. The number of anilines is 1. The van der Waals surface area contributed by atoms with Gasteiger partial charge in [-0.3, -0.25) is 14.2 Å². The van der Waals surface area contributed by atoms with Gasteiger partial charge in [-0.05, 0) is 42.0 Å². The molecular weight excluding hydrogens is 494 g/mol. The summed E-state index contributed by atoms with van der Waals surface area (Å²) in [5.41, 5.74) is -0.666. The zero-order valence-corrected chi connectivity index (χ0v) is 18.5. The molecular formula is C23H14Cl2F3N3O3. The first-order chi connectivity index (χ1) is 16.0. The predicted octanol–water partition coefficient (Wildman–Crippen LogP) is 5.73. The molecule has 3 aromatic carbocycles. The maximum atomic E-state index is 13.2. The normalized spacial score (nSPS) is 11.6. The van der Waals surface area contributed by atoms with Crippen molar-refractivity contribution in [2.75, 3.05) is 5.32 Å². The largest absolute Gasteiger partial charge is 0.505 e. The smallest absolute Gasteiger partial charge is 0.416 e. The van der Waals surface area contributed by atoms with Gasteiger partial charge in [-0.15, -0.1) is 0 Å². The van der Waals surface area contributed by atoms with Gasteiger partial charge in [-0.2, -0.15) is 13.2 Å². The summed E-state index contributed by atoms with van der Waals surface area (Å²) in [5.74, 6) is -1.02. The fourth-order valence-corrected chi connectivity index (χ4v) is 3.84. The van der Waals surface area contributed by atoms with Crippen molar-refractivity contribution in [2.45, 2.75) is 12.7 Å². The minimum atomic E-state index is -4.51. The second kappa shape index (κ2) is 9.00. The summed E-state index contributed by atoms with van der Waals surface area (Å²) >= 11 is 11.8. The number of carbonyl (C=O) groups excluding carboxylic acids is 1. The molecule has 0 unspecified atom stereocenters. The summed E-state index contributed by atoms with van der Waals surface area (Å²) in [6, 6.07) is 11.7. The number of aromatic nitrogens is 2. The molecule has 0 atom stereocenters. The molecule has 1 heterocycles. The van der Waals surface area contributed by atoms with Gasteiger partial charge in [0.25, 0.3) is 11.5 Å². The Kier molecular flexibility index (Phi) is 6.24. The lowest BCUT2D eigenvalue weighted by Gasteiger charge is -2.12. The van der Waals surface area contributed by atoms with Gasteiger partial charge < -0.3 is 10.4 Å². The third-order valence-electron chi connectivity index (χ3n) is 4.99. The van der Waals surface area contributed by atoms with E-state index in [9.17, 15) is 27.9 Å². The molecule has 0 aliphatic rings. The van der Waals surface area contributed by atoms with Crippen LogP contribution in [0.4, 0.5) is 18.9 Å². The van der Waals surface area contributed by atoms with Crippen LogP contribution in [0.1, 0.15) is 21.5 Å². The standard InChI is InChI=1S/C23H14Cl2F3N3O3/c24-15-8-13(9-16(25)20(15)32)21(33)30-18-6-2-5-17-19(18)22(34)31(11-29-17)10-12-3-1-4-14(7-12)23(26,27)28/h1-9,11,32H,10H2,(H,30,33). The molecule has 174 valence electrons. The zero-order valence-electron chi connectivity index (χ0n) is 17.0. The Morgan fingerprint density at radius 3 is 2.41 bits per heavy atom. The van der Waals surface area contributed by atoms with Crippen LogP contribution in [0.15, 0.2) is 65.7 Å². The number of hydrogen-bond acceptors (Lipinski definition) is 4. The molecule has 0 radical (unpaired) electrons. The van der Waals surface area contributed by atoms with E-state index in [2.05, 4.69) is 10.3 Å². The van der Waals surface area contributed by atoms with Gasteiger partial charge in [-0.1, -0.05) is 41.4 Å². The lowest BCUT2D eigenvalue weighted by molar-refractivity contribution is -0.137. The quantitative estimate of drug-likeness (QED) is 0.369. The van der Waals surface area contributed by atoms with Crippen molar-refractivity contribution in [1.82, 2.24) is 9.55 Å². The third-order valence-corrected chi connectivity index (χ3v) is 5.56. The maximum absolute atomic E-state index is 13.2. The highest BCUT2D eigenvalue weighted by Crippen LogP contribution is 2.33. The Labute approximate surface area is 200 Å². The molecule has 0 saturated heterocycles. The van der Waals surface area contributed by atoms with Crippen molar-refractivity contribution in [1.29, 1.82) is 0 Å². The Morgan fingerprint density at radius 1 is 1.06 bits per heavy atom. The highest BCUT2D eigenvalue weighted by molar-refractivity contribution is 6.37. The monoisotopic (exact) mass is 507 g/mol. The second-order valence-corrected chi connectivity index (χ2v) is 8.13. The number of amides is 1. The summed E-state index contributed by atoms with van der Waals surface area (Å²) in [6.07, 6.45) is -3.28. The number of hydrogen-bond donors (Lipinski definition) is 2. The average molecular weight is 508 g/mol. The van der Waals surface area contributed by atoms with Crippen molar-refractivity contribution < 1.29 is 23.1 Å². The highest BCUT2D eigenvalue weighted by atomic mass is 35.5. The Balaban J connectivity index is 1.71. The van der Waals surface area contributed by atoms with Gasteiger partial charge in [-0.25, -0.2) is 4.98 Å². The minimum absolute atomic E-state index is 0.0398. The van der Waals surface area contributed by atoms with Crippen LogP contribution in [-0.2, 0) is 12.7 Å².